The molecule has 21 heavy (non-hydrogen) atoms. The van der Waals surface area contributed by atoms with E-state index in [-0.39, 0.29) is 12.0 Å². The van der Waals surface area contributed by atoms with Crippen molar-refractivity contribution in [2.45, 2.75) is 38.1 Å². The Labute approximate surface area is 124 Å². The van der Waals surface area contributed by atoms with Gasteiger partial charge < -0.3 is 10.4 Å². The van der Waals surface area contributed by atoms with Crippen molar-refractivity contribution < 1.29 is 9.90 Å². The second kappa shape index (κ2) is 6.12. The molecule has 1 heterocycles. The Kier molecular flexibility index (Phi) is 4.04. The van der Waals surface area contributed by atoms with Gasteiger partial charge in [0.15, 0.2) is 0 Å². The number of rotatable bonds is 3. The van der Waals surface area contributed by atoms with Gasteiger partial charge in [0.2, 0.25) is 0 Å². The minimum atomic E-state index is -0.699. The van der Waals surface area contributed by atoms with Crippen molar-refractivity contribution in [3.05, 3.63) is 36.4 Å². The molecule has 1 fully saturated rings. The number of para-hydroxylation sites is 1. The molecule has 0 bridgehead atoms. The van der Waals surface area contributed by atoms with E-state index < -0.39 is 5.97 Å². The number of carboxylic acids is 1. The Morgan fingerprint density at radius 1 is 1.10 bits per heavy atom. The fourth-order valence-electron chi connectivity index (χ4n) is 3.11. The number of anilines is 1. The van der Waals surface area contributed by atoms with Gasteiger partial charge in [-0.3, -0.25) is 4.79 Å². The van der Waals surface area contributed by atoms with E-state index in [1.54, 1.807) is 0 Å². The SMILES string of the molecule is O=C(O)C1CCCCCC1Nc1ccc2ccccc2n1. The molecule has 1 saturated carbocycles. The highest BCUT2D eigenvalue weighted by molar-refractivity contribution is 5.80. The lowest BCUT2D eigenvalue weighted by molar-refractivity contribution is -0.142. The van der Waals surface area contributed by atoms with Crippen LogP contribution in [0.2, 0.25) is 0 Å². The molecular weight excluding hydrogens is 264 g/mol. The average Bonchev–Trinajstić information content (AvgIpc) is 2.72. The molecule has 1 aromatic heterocycles. The highest BCUT2D eigenvalue weighted by Gasteiger charge is 2.29. The normalized spacial score (nSPS) is 22.7. The lowest BCUT2D eigenvalue weighted by Gasteiger charge is -2.23. The van der Waals surface area contributed by atoms with Crippen LogP contribution in [0.1, 0.15) is 32.1 Å². The van der Waals surface area contributed by atoms with Crippen molar-refractivity contribution in [3.63, 3.8) is 0 Å². The van der Waals surface area contributed by atoms with Gasteiger partial charge in [-0.1, -0.05) is 37.5 Å². The van der Waals surface area contributed by atoms with E-state index in [0.717, 1.165) is 48.8 Å². The van der Waals surface area contributed by atoms with Crippen LogP contribution in [-0.4, -0.2) is 22.1 Å². The third kappa shape index (κ3) is 3.15. The summed E-state index contributed by atoms with van der Waals surface area (Å²) in [7, 11) is 0. The van der Waals surface area contributed by atoms with Crippen LogP contribution in [0.15, 0.2) is 36.4 Å². The summed E-state index contributed by atoms with van der Waals surface area (Å²) in [4.78, 5) is 16.0. The predicted molar refractivity (Wildman–Crippen MR) is 83.4 cm³/mol. The Morgan fingerprint density at radius 2 is 1.90 bits per heavy atom. The van der Waals surface area contributed by atoms with E-state index in [4.69, 9.17) is 0 Å². The minimum absolute atomic E-state index is 0.0290. The number of aliphatic carboxylic acids is 1. The second-order valence-electron chi connectivity index (χ2n) is 5.72. The molecule has 1 aliphatic rings. The zero-order valence-electron chi connectivity index (χ0n) is 12.0. The lowest BCUT2D eigenvalue weighted by Crippen LogP contribution is -2.34. The first kappa shape index (κ1) is 13.9. The fraction of sp³-hybridized carbons (Fsp3) is 0.412. The fourth-order valence-corrected chi connectivity index (χ4v) is 3.11. The third-order valence-electron chi connectivity index (χ3n) is 4.26. The van der Waals surface area contributed by atoms with E-state index in [1.165, 1.54) is 0 Å². The van der Waals surface area contributed by atoms with Crippen LogP contribution in [0.25, 0.3) is 10.9 Å². The number of benzene rings is 1. The van der Waals surface area contributed by atoms with Crippen LogP contribution in [-0.2, 0) is 4.79 Å². The number of hydrogen-bond acceptors (Lipinski definition) is 3. The molecule has 0 aliphatic heterocycles. The Hall–Kier alpha value is -2.10. The molecule has 4 nitrogen and oxygen atoms in total. The monoisotopic (exact) mass is 284 g/mol. The predicted octanol–water partition coefficient (Wildman–Crippen LogP) is 3.68. The second-order valence-corrected chi connectivity index (χ2v) is 5.72. The van der Waals surface area contributed by atoms with Gasteiger partial charge in [-0.05, 0) is 31.0 Å². The van der Waals surface area contributed by atoms with Crippen LogP contribution in [0.5, 0.6) is 0 Å². The minimum Gasteiger partial charge on any atom is -0.481 e. The summed E-state index contributed by atoms with van der Waals surface area (Å²) in [5.41, 5.74) is 0.933. The third-order valence-corrected chi connectivity index (χ3v) is 4.26. The molecule has 0 amide bonds. The number of carbonyl (C=O) groups is 1. The van der Waals surface area contributed by atoms with E-state index in [2.05, 4.69) is 10.3 Å². The molecule has 2 unspecified atom stereocenters. The van der Waals surface area contributed by atoms with Crippen LogP contribution in [0.4, 0.5) is 5.82 Å². The van der Waals surface area contributed by atoms with Crippen molar-refractivity contribution in [2.75, 3.05) is 5.32 Å². The number of nitrogens with one attached hydrogen (secondary N) is 1. The van der Waals surface area contributed by atoms with E-state index in [0.29, 0.717) is 0 Å². The van der Waals surface area contributed by atoms with Gasteiger partial charge in [0.25, 0.3) is 0 Å². The highest BCUT2D eigenvalue weighted by atomic mass is 16.4. The van der Waals surface area contributed by atoms with Gasteiger partial charge in [0, 0.05) is 11.4 Å². The summed E-state index contributed by atoms with van der Waals surface area (Å²) in [5.74, 6) is -0.247. The molecule has 2 atom stereocenters. The summed E-state index contributed by atoms with van der Waals surface area (Å²) in [6, 6.07) is 11.9. The molecule has 0 saturated heterocycles. The molecule has 4 heteroatoms. The van der Waals surface area contributed by atoms with Crippen LogP contribution >= 0.6 is 0 Å². The molecule has 0 spiro atoms. The molecule has 110 valence electrons. The summed E-state index contributed by atoms with van der Waals surface area (Å²) in [5, 5.41) is 13.9. The number of nitrogens with zero attached hydrogens (tertiary/aromatic N) is 1. The first-order valence-corrected chi connectivity index (χ1v) is 7.59. The maximum absolute atomic E-state index is 11.5. The quantitative estimate of drug-likeness (QED) is 0.844. The van der Waals surface area contributed by atoms with Gasteiger partial charge in [0.1, 0.15) is 5.82 Å². The molecule has 1 aromatic carbocycles. The molecule has 1 aliphatic carbocycles. The zero-order valence-corrected chi connectivity index (χ0v) is 12.0. The van der Waals surface area contributed by atoms with Crippen molar-refractivity contribution in [1.82, 2.24) is 4.98 Å². The molecule has 3 rings (SSSR count). The summed E-state index contributed by atoms with van der Waals surface area (Å²) in [6.07, 6.45) is 4.84. The average molecular weight is 284 g/mol. The number of hydrogen-bond donors (Lipinski definition) is 2. The number of aromatic nitrogens is 1. The zero-order chi connectivity index (χ0) is 14.7. The van der Waals surface area contributed by atoms with Crippen molar-refractivity contribution in [2.24, 2.45) is 5.92 Å². The largest absolute Gasteiger partial charge is 0.481 e. The number of carboxylic acid groups (broad SMARTS) is 1. The Bertz CT molecular complexity index is 641. The first-order chi connectivity index (χ1) is 10.2. The lowest BCUT2D eigenvalue weighted by atomic mass is 9.95. The van der Waals surface area contributed by atoms with E-state index >= 15 is 0 Å². The highest BCUT2D eigenvalue weighted by Crippen LogP contribution is 2.26. The van der Waals surface area contributed by atoms with Crippen LogP contribution < -0.4 is 5.32 Å². The van der Waals surface area contributed by atoms with Crippen LogP contribution in [0.3, 0.4) is 0 Å². The van der Waals surface area contributed by atoms with Crippen molar-refractivity contribution >= 4 is 22.7 Å². The molecule has 2 aromatic rings. The summed E-state index contributed by atoms with van der Waals surface area (Å²) in [6.45, 7) is 0. The van der Waals surface area contributed by atoms with Gasteiger partial charge >= 0.3 is 5.97 Å². The number of pyridine rings is 1. The molecular formula is C17H20N2O2. The van der Waals surface area contributed by atoms with Crippen molar-refractivity contribution in [3.8, 4) is 0 Å². The van der Waals surface area contributed by atoms with Crippen LogP contribution in [0, 0.1) is 5.92 Å². The van der Waals surface area contributed by atoms with E-state index in [9.17, 15) is 9.90 Å². The first-order valence-electron chi connectivity index (χ1n) is 7.59. The Balaban J connectivity index is 1.83. The maximum atomic E-state index is 11.5. The van der Waals surface area contributed by atoms with Gasteiger partial charge in [-0.25, -0.2) is 4.98 Å². The Morgan fingerprint density at radius 3 is 2.76 bits per heavy atom. The maximum Gasteiger partial charge on any atom is 0.308 e. The van der Waals surface area contributed by atoms with Gasteiger partial charge in [-0.2, -0.15) is 0 Å². The summed E-state index contributed by atoms with van der Waals surface area (Å²) < 4.78 is 0. The van der Waals surface area contributed by atoms with Crippen molar-refractivity contribution in [1.29, 1.82) is 0 Å². The smallest absolute Gasteiger partial charge is 0.308 e. The molecule has 0 radical (unpaired) electrons. The van der Waals surface area contributed by atoms with Gasteiger partial charge in [-0.15, -0.1) is 0 Å². The number of fused-ring (bicyclic) bond motifs is 1. The summed E-state index contributed by atoms with van der Waals surface area (Å²) >= 11 is 0. The topological polar surface area (TPSA) is 62.2 Å². The van der Waals surface area contributed by atoms with E-state index in [1.807, 2.05) is 36.4 Å². The van der Waals surface area contributed by atoms with Gasteiger partial charge in [0.05, 0.1) is 11.4 Å². The standard InChI is InChI=1S/C17H20N2O2/c20-17(21)13-7-2-1-3-9-15(13)19-16-11-10-12-6-4-5-8-14(12)18-16/h4-6,8,10-11,13,15H,1-3,7,9H2,(H,18,19)(H,20,21). The molecule has 2 N–H and O–H groups in total.